The molecule has 1 aliphatic carbocycles. The molecule has 0 bridgehead atoms. The molecule has 0 saturated heterocycles. The number of amides is 2. The Balaban J connectivity index is 1.79. The third-order valence-corrected chi connectivity index (χ3v) is 5.13. The summed E-state index contributed by atoms with van der Waals surface area (Å²) in [5.74, 6) is -2.74. The molecule has 8 heteroatoms. The van der Waals surface area contributed by atoms with Gasteiger partial charge in [0.05, 0.1) is 11.8 Å². The van der Waals surface area contributed by atoms with Crippen LogP contribution in [0.5, 0.6) is 5.75 Å². The van der Waals surface area contributed by atoms with Gasteiger partial charge in [0.25, 0.3) is 5.91 Å². The standard InChI is InChI=1S/C17H21BrN2O5/c1-10-8-11(6-7-14(10)18)25-9-15(21)19-20-16(22)12-4-2-3-5-13(12)17(23)24/h6-8,12-13H,2-5,9H2,1H3,(H,19,21)(H,20,22)(H,23,24). The first-order valence-corrected chi connectivity index (χ1v) is 8.88. The molecule has 2 atom stereocenters. The molecule has 2 amide bonds. The van der Waals surface area contributed by atoms with Gasteiger partial charge in [0.15, 0.2) is 6.61 Å². The fourth-order valence-corrected chi connectivity index (χ4v) is 3.10. The first kappa shape index (κ1) is 19.2. The predicted octanol–water partition coefficient (Wildman–Crippen LogP) is 2.17. The van der Waals surface area contributed by atoms with Crippen LogP contribution in [0, 0.1) is 18.8 Å². The van der Waals surface area contributed by atoms with Gasteiger partial charge in [-0.15, -0.1) is 0 Å². The van der Waals surface area contributed by atoms with E-state index in [1.165, 1.54) is 0 Å². The Hall–Kier alpha value is -2.09. The summed E-state index contributed by atoms with van der Waals surface area (Å²) in [7, 11) is 0. The van der Waals surface area contributed by atoms with Crippen molar-refractivity contribution in [1.82, 2.24) is 10.9 Å². The molecule has 0 aromatic heterocycles. The molecule has 0 spiro atoms. The average molecular weight is 413 g/mol. The summed E-state index contributed by atoms with van der Waals surface area (Å²) in [6, 6.07) is 5.33. The Labute approximate surface area is 154 Å². The van der Waals surface area contributed by atoms with Crippen molar-refractivity contribution in [3.63, 3.8) is 0 Å². The minimum Gasteiger partial charge on any atom is -0.484 e. The number of carboxylic acid groups (broad SMARTS) is 1. The Morgan fingerprint density at radius 1 is 1.20 bits per heavy atom. The van der Waals surface area contributed by atoms with Gasteiger partial charge in [-0.25, -0.2) is 0 Å². The van der Waals surface area contributed by atoms with E-state index < -0.39 is 29.6 Å². The monoisotopic (exact) mass is 412 g/mol. The highest BCUT2D eigenvalue weighted by molar-refractivity contribution is 9.10. The highest BCUT2D eigenvalue weighted by atomic mass is 79.9. The molecule has 2 unspecified atom stereocenters. The van der Waals surface area contributed by atoms with Gasteiger partial charge in [0.1, 0.15) is 5.75 Å². The molecule has 3 N–H and O–H groups in total. The van der Waals surface area contributed by atoms with E-state index in [9.17, 15) is 19.5 Å². The zero-order valence-corrected chi connectivity index (χ0v) is 15.5. The minimum atomic E-state index is -0.972. The van der Waals surface area contributed by atoms with Crippen molar-refractivity contribution in [3.8, 4) is 5.75 Å². The van der Waals surface area contributed by atoms with Gasteiger partial charge in [-0.3, -0.25) is 25.2 Å². The maximum Gasteiger partial charge on any atom is 0.307 e. The van der Waals surface area contributed by atoms with Crippen molar-refractivity contribution in [1.29, 1.82) is 0 Å². The van der Waals surface area contributed by atoms with Crippen molar-refractivity contribution in [3.05, 3.63) is 28.2 Å². The van der Waals surface area contributed by atoms with Gasteiger partial charge in [0, 0.05) is 4.47 Å². The highest BCUT2D eigenvalue weighted by Crippen LogP contribution is 2.30. The molecule has 1 aliphatic rings. The van der Waals surface area contributed by atoms with E-state index in [-0.39, 0.29) is 6.61 Å². The van der Waals surface area contributed by atoms with Crippen molar-refractivity contribution in [2.24, 2.45) is 11.8 Å². The van der Waals surface area contributed by atoms with Crippen LogP contribution in [0.3, 0.4) is 0 Å². The molecule has 1 aromatic rings. The molecule has 2 rings (SSSR count). The number of rotatable bonds is 5. The lowest BCUT2D eigenvalue weighted by Crippen LogP contribution is -2.49. The smallest absolute Gasteiger partial charge is 0.307 e. The van der Waals surface area contributed by atoms with Crippen LogP contribution in [0.15, 0.2) is 22.7 Å². The van der Waals surface area contributed by atoms with Crippen LogP contribution in [-0.2, 0) is 14.4 Å². The van der Waals surface area contributed by atoms with Crippen LogP contribution in [0.2, 0.25) is 0 Å². The van der Waals surface area contributed by atoms with Crippen LogP contribution in [0.25, 0.3) is 0 Å². The van der Waals surface area contributed by atoms with E-state index in [0.717, 1.165) is 22.9 Å². The maximum absolute atomic E-state index is 12.1. The molecule has 7 nitrogen and oxygen atoms in total. The fourth-order valence-electron chi connectivity index (χ4n) is 2.86. The van der Waals surface area contributed by atoms with Crippen molar-refractivity contribution < 1.29 is 24.2 Å². The van der Waals surface area contributed by atoms with E-state index in [0.29, 0.717) is 18.6 Å². The van der Waals surface area contributed by atoms with E-state index in [4.69, 9.17) is 4.74 Å². The predicted molar refractivity (Wildman–Crippen MR) is 93.7 cm³/mol. The molecule has 0 heterocycles. The Morgan fingerprint density at radius 3 is 2.52 bits per heavy atom. The van der Waals surface area contributed by atoms with Crippen molar-refractivity contribution in [2.45, 2.75) is 32.6 Å². The first-order valence-electron chi connectivity index (χ1n) is 8.09. The Bertz CT molecular complexity index is 664. The Morgan fingerprint density at radius 2 is 1.88 bits per heavy atom. The van der Waals surface area contributed by atoms with Gasteiger partial charge < -0.3 is 9.84 Å². The summed E-state index contributed by atoms with van der Waals surface area (Å²) < 4.78 is 6.30. The number of benzene rings is 1. The normalized spacial score (nSPS) is 19.8. The van der Waals surface area contributed by atoms with Crippen molar-refractivity contribution in [2.75, 3.05) is 6.61 Å². The van der Waals surface area contributed by atoms with Crippen molar-refractivity contribution >= 4 is 33.7 Å². The average Bonchev–Trinajstić information content (AvgIpc) is 2.60. The summed E-state index contributed by atoms with van der Waals surface area (Å²) in [4.78, 5) is 35.2. The van der Waals surface area contributed by atoms with Gasteiger partial charge in [-0.1, -0.05) is 28.8 Å². The number of carbonyl (C=O) groups excluding carboxylic acids is 2. The second kappa shape index (κ2) is 8.84. The largest absolute Gasteiger partial charge is 0.484 e. The zero-order valence-electron chi connectivity index (χ0n) is 13.9. The minimum absolute atomic E-state index is 0.256. The lowest BCUT2D eigenvalue weighted by Gasteiger charge is -2.27. The van der Waals surface area contributed by atoms with Crippen LogP contribution in [0.4, 0.5) is 0 Å². The maximum atomic E-state index is 12.1. The number of ether oxygens (including phenoxy) is 1. The number of carboxylic acids is 1. The number of aryl methyl sites for hydroxylation is 1. The second-order valence-electron chi connectivity index (χ2n) is 6.07. The number of aliphatic carboxylic acids is 1. The topological polar surface area (TPSA) is 105 Å². The first-order chi connectivity index (χ1) is 11.9. The van der Waals surface area contributed by atoms with Gasteiger partial charge in [-0.05, 0) is 43.5 Å². The number of nitrogens with one attached hydrogen (secondary N) is 2. The number of hydrogen-bond donors (Lipinski definition) is 3. The van der Waals surface area contributed by atoms with E-state index >= 15 is 0 Å². The second-order valence-corrected chi connectivity index (χ2v) is 6.93. The van der Waals surface area contributed by atoms with Crippen LogP contribution < -0.4 is 15.6 Å². The Kier molecular flexibility index (Phi) is 6.81. The van der Waals surface area contributed by atoms with E-state index in [1.54, 1.807) is 12.1 Å². The molecular weight excluding hydrogens is 392 g/mol. The molecular formula is C17H21BrN2O5. The van der Waals surface area contributed by atoms with Crippen LogP contribution in [0.1, 0.15) is 31.2 Å². The van der Waals surface area contributed by atoms with E-state index in [1.807, 2.05) is 13.0 Å². The highest BCUT2D eigenvalue weighted by Gasteiger charge is 2.35. The molecule has 1 fully saturated rings. The lowest BCUT2D eigenvalue weighted by molar-refractivity contribution is -0.149. The quantitative estimate of drug-likeness (QED) is 0.642. The molecule has 1 saturated carbocycles. The molecule has 136 valence electrons. The number of hydrogen-bond acceptors (Lipinski definition) is 4. The van der Waals surface area contributed by atoms with Gasteiger partial charge in [-0.2, -0.15) is 0 Å². The molecule has 25 heavy (non-hydrogen) atoms. The zero-order chi connectivity index (χ0) is 18.4. The fraction of sp³-hybridized carbons (Fsp3) is 0.471. The number of carbonyl (C=O) groups is 3. The SMILES string of the molecule is Cc1cc(OCC(=O)NNC(=O)C2CCCCC2C(=O)O)ccc1Br. The lowest BCUT2D eigenvalue weighted by atomic mass is 9.79. The number of halogens is 1. The molecule has 0 aliphatic heterocycles. The summed E-state index contributed by atoms with van der Waals surface area (Å²) >= 11 is 3.38. The van der Waals surface area contributed by atoms with Crippen LogP contribution in [-0.4, -0.2) is 29.5 Å². The summed E-state index contributed by atoms with van der Waals surface area (Å²) in [6.45, 7) is 1.65. The number of hydrazine groups is 1. The molecule has 0 radical (unpaired) electrons. The third-order valence-electron chi connectivity index (χ3n) is 4.24. The van der Waals surface area contributed by atoms with Gasteiger partial charge >= 0.3 is 5.97 Å². The summed E-state index contributed by atoms with van der Waals surface area (Å²) in [5, 5.41) is 9.20. The summed E-state index contributed by atoms with van der Waals surface area (Å²) in [6.07, 6.45) is 2.59. The third kappa shape index (κ3) is 5.45. The van der Waals surface area contributed by atoms with E-state index in [2.05, 4.69) is 26.8 Å². The molecule has 1 aromatic carbocycles. The van der Waals surface area contributed by atoms with Crippen LogP contribution >= 0.6 is 15.9 Å². The summed E-state index contributed by atoms with van der Waals surface area (Å²) in [5.41, 5.74) is 5.55. The van der Waals surface area contributed by atoms with Gasteiger partial charge in [0.2, 0.25) is 5.91 Å².